The molecular weight excluding hydrogens is 318 g/mol. The van der Waals surface area contributed by atoms with Gasteiger partial charge in [0, 0.05) is 26.3 Å². The number of nitrogens with zero attached hydrogens (tertiary/aromatic N) is 8. The number of anilines is 2. The van der Waals surface area contributed by atoms with E-state index in [4.69, 9.17) is 0 Å². The molecule has 9 nitrogen and oxygen atoms in total. The minimum Gasteiger partial charge on any atom is -0.352 e. The number of hydrogen-bond donors (Lipinski definition) is 1. The number of aryl methyl sites for hydroxylation is 1. The Morgan fingerprint density at radius 2 is 2.04 bits per heavy atom. The number of hydrogen-bond acceptors (Lipinski definition) is 7. The third-order valence-corrected chi connectivity index (χ3v) is 4.81. The van der Waals surface area contributed by atoms with Crippen molar-refractivity contribution in [2.75, 3.05) is 29.9 Å². The lowest BCUT2D eigenvalue weighted by molar-refractivity contribution is 0.487. The molecule has 5 rings (SSSR count). The van der Waals surface area contributed by atoms with Gasteiger partial charge in [0.15, 0.2) is 11.5 Å². The molecule has 1 N–H and O–H groups in total. The molecule has 25 heavy (non-hydrogen) atoms. The first-order valence-corrected chi connectivity index (χ1v) is 8.15. The van der Waals surface area contributed by atoms with Crippen LogP contribution in [0.15, 0.2) is 30.7 Å². The lowest BCUT2D eigenvalue weighted by Gasteiger charge is -2.45. The van der Waals surface area contributed by atoms with Crippen molar-refractivity contribution < 1.29 is 0 Å². The van der Waals surface area contributed by atoms with Crippen molar-refractivity contribution in [2.24, 2.45) is 0 Å². The first-order chi connectivity index (χ1) is 12.2. The van der Waals surface area contributed by atoms with E-state index in [-0.39, 0.29) is 0 Å². The van der Waals surface area contributed by atoms with E-state index < -0.39 is 0 Å². The van der Waals surface area contributed by atoms with Crippen LogP contribution in [-0.2, 0) is 0 Å². The number of H-pyrrole nitrogens is 1. The number of aromatic amines is 1. The first kappa shape index (κ1) is 14.1. The summed E-state index contributed by atoms with van der Waals surface area (Å²) in [5, 5.41) is 13.8. The maximum absolute atomic E-state index is 4.63. The van der Waals surface area contributed by atoms with Crippen molar-refractivity contribution in [2.45, 2.75) is 13.0 Å². The van der Waals surface area contributed by atoms with Gasteiger partial charge in [-0.2, -0.15) is 4.52 Å². The van der Waals surface area contributed by atoms with Gasteiger partial charge in [0.1, 0.15) is 23.6 Å². The Labute approximate surface area is 143 Å². The van der Waals surface area contributed by atoms with E-state index in [1.54, 1.807) is 10.8 Å². The van der Waals surface area contributed by atoms with Gasteiger partial charge in [-0.05, 0) is 25.1 Å². The summed E-state index contributed by atoms with van der Waals surface area (Å²) in [6, 6.07) is 6.34. The highest BCUT2D eigenvalue weighted by Gasteiger charge is 2.32. The molecule has 0 spiro atoms. The Kier molecular flexibility index (Phi) is 2.90. The maximum Gasteiger partial charge on any atom is 0.178 e. The molecule has 0 aromatic carbocycles. The third-order valence-electron chi connectivity index (χ3n) is 4.81. The lowest BCUT2D eigenvalue weighted by Crippen LogP contribution is -2.59. The molecule has 0 bridgehead atoms. The van der Waals surface area contributed by atoms with Gasteiger partial charge in [0.25, 0.3) is 0 Å². The Bertz CT molecular complexity index is 1060. The topological polar surface area (TPSA) is 91.1 Å². The molecule has 1 aliphatic rings. The predicted molar refractivity (Wildman–Crippen MR) is 93.8 cm³/mol. The molecule has 126 valence electrons. The monoisotopic (exact) mass is 335 g/mol. The number of rotatable bonds is 3. The SMILES string of the molecule is Cc1nnc2ccc(N3CC(N(C)c4ncnc5[nH]ccc45)C3)nn12. The smallest absolute Gasteiger partial charge is 0.178 e. The zero-order valence-corrected chi connectivity index (χ0v) is 14.0. The third kappa shape index (κ3) is 2.12. The zero-order chi connectivity index (χ0) is 17.0. The van der Waals surface area contributed by atoms with Crippen LogP contribution in [0.2, 0.25) is 0 Å². The fraction of sp³-hybridized carbons (Fsp3) is 0.312. The van der Waals surface area contributed by atoms with Crippen LogP contribution in [0.3, 0.4) is 0 Å². The van der Waals surface area contributed by atoms with Crippen LogP contribution in [0, 0.1) is 6.92 Å². The molecule has 0 unspecified atom stereocenters. The quantitative estimate of drug-likeness (QED) is 0.598. The molecule has 0 atom stereocenters. The molecule has 1 fully saturated rings. The van der Waals surface area contributed by atoms with Crippen molar-refractivity contribution in [3.05, 3.63) is 36.5 Å². The summed E-state index contributed by atoms with van der Waals surface area (Å²) in [6.07, 6.45) is 3.50. The Morgan fingerprint density at radius 3 is 2.92 bits per heavy atom. The second-order valence-corrected chi connectivity index (χ2v) is 6.32. The summed E-state index contributed by atoms with van der Waals surface area (Å²) < 4.78 is 1.78. The van der Waals surface area contributed by atoms with Crippen LogP contribution >= 0.6 is 0 Å². The van der Waals surface area contributed by atoms with Crippen molar-refractivity contribution in [1.82, 2.24) is 34.8 Å². The second-order valence-electron chi connectivity index (χ2n) is 6.32. The first-order valence-electron chi connectivity index (χ1n) is 8.15. The number of fused-ring (bicyclic) bond motifs is 2. The molecule has 4 aromatic heterocycles. The molecule has 0 amide bonds. The standard InChI is InChI=1S/C16H17N9/c1-10-20-21-13-3-4-14(22-25(10)13)24-7-11(8-24)23(2)16-12-5-6-17-15(12)18-9-19-16/h3-6,9,11H,7-8H2,1-2H3,(H,17,18,19). The average Bonchev–Trinajstić information content (AvgIpc) is 3.20. The molecule has 1 saturated heterocycles. The van der Waals surface area contributed by atoms with E-state index in [1.807, 2.05) is 31.3 Å². The van der Waals surface area contributed by atoms with E-state index in [2.05, 4.69) is 47.1 Å². The maximum atomic E-state index is 4.63. The Hall–Kier alpha value is -3.23. The molecule has 0 saturated carbocycles. The van der Waals surface area contributed by atoms with Crippen molar-refractivity contribution in [1.29, 1.82) is 0 Å². The molecular formula is C16H17N9. The van der Waals surface area contributed by atoms with E-state index >= 15 is 0 Å². The molecule has 0 radical (unpaired) electrons. The fourth-order valence-electron chi connectivity index (χ4n) is 3.26. The largest absolute Gasteiger partial charge is 0.352 e. The van der Waals surface area contributed by atoms with Crippen LogP contribution in [0.25, 0.3) is 16.7 Å². The van der Waals surface area contributed by atoms with Gasteiger partial charge in [0.05, 0.1) is 11.4 Å². The van der Waals surface area contributed by atoms with Gasteiger partial charge in [-0.3, -0.25) is 0 Å². The molecule has 5 heterocycles. The normalized spacial score (nSPS) is 15.0. The molecule has 1 aliphatic heterocycles. The Morgan fingerprint density at radius 1 is 1.16 bits per heavy atom. The minimum absolute atomic E-state index is 0.382. The summed E-state index contributed by atoms with van der Waals surface area (Å²) in [7, 11) is 2.08. The Balaban J connectivity index is 1.37. The molecule has 9 heteroatoms. The van der Waals surface area contributed by atoms with Crippen LogP contribution in [0.5, 0.6) is 0 Å². The van der Waals surface area contributed by atoms with Crippen molar-refractivity contribution in [3.8, 4) is 0 Å². The lowest BCUT2D eigenvalue weighted by atomic mass is 10.1. The second kappa shape index (κ2) is 5.13. The van der Waals surface area contributed by atoms with Gasteiger partial charge in [0.2, 0.25) is 0 Å². The van der Waals surface area contributed by atoms with Crippen LogP contribution < -0.4 is 9.80 Å². The van der Waals surface area contributed by atoms with Crippen LogP contribution in [-0.4, -0.2) is 60.9 Å². The summed E-state index contributed by atoms with van der Waals surface area (Å²) in [5.74, 6) is 2.69. The van der Waals surface area contributed by atoms with E-state index in [0.29, 0.717) is 6.04 Å². The summed E-state index contributed by atoms with van der Waals surface area (Å²) in [4.78, 5) is 16.3. The van der Waals surface area contributed by atoms with Crippen LogP contribution in [0.4, 0.5) is 11.6 Å². The number of likely N-dealkylation sites (N-methyl/N-ethyl adjacent to an activating group) is 1. The van der Waals surface area contributed by atoms with Gasteiger partial charge in [-0.25, -0.2) is 9.97 Å². The molecule has 0 aliphatic carbocycles. The highest BCUT2D eigenvalue weighted by atomic mass is 15.4. The van der Waals surface area contributed by atoms with Gasteiger partial charge >= 0.3 is 0 Å². The fourth-order valence-corrected chi connectivity index (χ4v) is 3.26. The number of aromatic nitrogens is 7. The van der Waals surface area contributed by atoms with Gasteiger partial charge in [-0.1, -0.05) is 0 Å². The number of nitrogens with one attached hydrogen (secondary N) is 1. The highest BCUT2D eigenvalue weighted by molar-refractivity contribution is 5.87. The van der Waals surface area contributed by atoms with E-state index in [0.717, 1.165) is 47.2 Å². The van der Waals surface area contributed by atoms with Gasteiger partial charge in [-0.15, -0.1) is 15.3 Å². The van der Waals surface area contributed by atoms with Crippen LogP contribution in [0.1, 0.15) is 5.82 Å². The summed E-state index contributed by atoms with van der Waals surface area (Å²) in [6.45, 7) is 3.69. The highest BCUT2D eigenvalue weighted by Crippen LogP contribution is 2.27. The summed E-state index contributed by atoms with van der Waals surface area (Å²) in [5.41, 5.74) is 1.63. The van der Waals surface area contributed by atoms with E-state index in [9.17, 15) is 0 Å². The minimum atomic E-state index is 0.382. The summed E-state index contributed by atoms with van der Waals surface area (Å²) >= 11 is 0. The zero-order valence-electron chi connectivity index (χ0n) is 14.0. The van der Waals surface area contributed by atoms with E-state index in [1.165, 1.54) is 0 Å². The van der Waals surface area contributed by atoms with Crippen molar-refractivity contribution >= 4 is 28.3 Å². The van der Waals surface area contributed by atoms with Gasteiger partial charge < -0.3 is 14.8 Å². The van der Waals surface area contributed by atoms with Crippen molar-refractivity contribution in [3.63, 3.8) is 0 Å². The molecule has 4 aromatic rings. The average molecular weight is 335 g/mol. The predicted octanol–water partition coefficient (Wildman–Crippen LogP) is 1.03.